The van der Waals surface area contributed by atoms with Gasteiger partial charge >= 0.3 is 0 Å². The van der Waals surface area contributed by atoms with Gasteiger partial charge in [-0.2, -0.15) is 0 Å². The molecule has 0 aliphatic heterocycles. The first kappa shape index (κ1) is 10.1. The fourth-order valence-electron chi connectivity index (χ4n) is 1.39. The second kappa shape index (κ2) is 4.00. The van der Waals surface area contributed by atoms with Crippen molar-refractivity contribution in [3.8, 4) is 0 Å². The van der Waals surface area contributed by atoms with E-state index in [1.165, 1.54) is 0 Å². The van der Waals surface area contributed by atoms with Crippen LogP contribution in [0, 0.1) is 0 Å². The molecule has 0 atom stereocenters. The summed E-state index contributed by atoms with van der Waals surface area (Å²) in [4.78, 5) is 8.34. The summed E-state index contributed by atoms with van der Waals surface area (Å²) in [6.45, 7) is 0.00547. The molecule has 0 fully saturated rings. The highest BCUT2D eigenvalue weighted by Gasteiger charge is 2.05. The minimum Gasteiger partial charge on any atom is -0.396 e. The van der Waals surface area contributed by atoms with Crippen LogP contribution in [0.5, 0.6) is 0 Å². The third-order valence-electron chi connectivity index (χ3n) is 2.07. The molecule has 5 heteroatoms. The largest absolute Gasteiger partial charge is 0.396 e. The Balaban J connectivity index is 2.63. The van der Waals surface area contributed by atoms with Gasteiger partial charge in [-0.1, -0.05) is 11.6 Å². The van der Waals surface area contributed by atoms with Gasteiger partial charge in [0, 0.05) is 16.8 Å². The third-order valence-corrected chi connectivity index (χ3v) is 2.31. The average Bonchev–Trinajstić information content (AvgIpc) is 2.17. The van der Waals surface area contributed by atoms with Crippen molar-refractivity contribution in [1.82, 2.24) is 9.97 Å². The number of anilines is 1. The molecule has 0 unspecified atom stereocenters. The number of rotatable bonds is 2. The maximum Gasteiger partial charge on any atom is 0.135 e. The zero-order valence-electron chi connectivity index (χ0n) is 7.94. The lowest BCUT2D eigenvalue weighted by Crippen LogP contribution is -2.03. The number of aliphatic hydroxyl groups excluding tert-OH is 1. The highest BCUT2D eigenvalue weighted by atomic mass is 35.5. The maximum absolute atomic E-state index is 8.79. The van der Waals surface area contributed by atoms with Gasteiger partial charge in [0.25, 0.3) is 0 Å². The summed E-state index contributed by atoms with van der Waals surface area (Å²) in [5.74, 6) is 0.949. The number of aliphatic hydroxyl groups is 1. The molecular formula is C10H10ClN3O. The second-order valence-electron chi connectivity index (χ2n) is 3.16. The molecule has 0 saturated carbocycles. The smallest absolute Gasteiger partial charge is 0.135 e. The molecule has 0 aliphatic carbocycles. The summed E-state index contributed by atoms with van der Waals surface area (Å²) in [6, 6.07) is 5.26. The zero-order valence-corrected chi connectivity index (χ0v) is 8.70. The fourth-order valence-corrected chi connectivity index (χ4v) is 1.56. The van der Waals surface area contributed by atoms with Crippen LogP contribution in [-0.2, 0) is 6.42 Å². The highest BCUT2D eigenvalue weighted by Crippen LogP contribution is 2.21. The van der Waals surface area contributed by atoms with Crippen molar-refractivity contribution in [1.29, 1.82) is 0 Å². The summed E-state index contributed by atoms with van der Waals surface area (Å²) >= 11 is 5.85. The minimum absolute atomic E-state index is 0.00547. The molecule has 2 aromatic rings. The third kappa shape index (κ3) is 2.00. The van der Waals surface area contributed by atoms with Crippen LogP contribution < -0.4 is 5.73 Å². The molecule has 78 valence electrons. The molecule has 0 radical (unpaired) electrons. The van der Waals surface area contributed by atoms with Gasteiger partial charge in [0.2, 0.25) is 0 Å². The van der Waals surface area contributed by atoms with E-state index >= 15 is 0 Å². The van der Waals surface area contributed by atoms with Crippen LogP contribution in [0.25, 0.3) is 10.9 Å². The summed E-state index contributed by atoms with van der Waals surface area (Å²) in [7, 11) is 0. The number of fused-ring (bicyclic) bond motifs is 1. The first-order valence-corrected chi connectivity index (χ1v) is 4.91. The number of aromatic nitrogens is 2. The van der Waals surface area contributed by atoms with Crippen LogP contribution in [0.15, 0.2) is 18.2 Å². The number of hydrogen-bond acceptors (Lipinski definition) is 4. The zero-order chi connectivity index (χ0) is 10.8. The maximum atomic E-state index is 8.79. The van der Waals surface area contributed by atoms with Crippen molar-refractivity contribution in [3.63, 3.8) is 0 Å². The molecule has 4 nitrogen and oxygen atoms in total. The molecule has 15 heavy (non-hydrogen) atoms. The van der Waals surface area contributed by atoms with Crippen molar-refractivity contribution < 1.29 is 5.11 Å². The van der Waals surface area contributed by atoms with Gasteiger partial charge in [-0.3, -0.25) is 0 Å². The summed E-state index contributed by atoms with van der Waals surface area (Å²) in [6.07, 6.45) is 0.395. The molecule has 0 saturated heterocycles. The second-order valence-corrected chi connectivity index (χ2v) is 3.60. The Labute approximate surface area is 91.7 Å². The van der Waals surface area contributed by atoms with Gasteiger partial charge in [-0.15, -0.1) is 0 Å². The van der Waals surface area contributed by atoms with E-state index < -0.39 is 0 Å². The minimum atomic E-state index is 0.00547. The standard InChI is InChI=1S/C10H10ClN3O/c11-6-1-2-7-8(5-6)13-9(3-4-15)14-10(7)12/h1-2,5,15H,3-4H2,(H2,12,13,14). The van der Waals surface area contributed by atoms with Gasteiger partial charge < -0.3 is 10.8 Å². The van der Waals surface area contributed by atoms with E-state index in [-0.39, 0.29) is 6.61 Å². The number of nitrogen functional groups attached to an aromatic ring is 1. The van der Waals surface area contributed by atoms with Crippen molar-refractivity contribution in [2.24, 2.45) is 0 Å². The van der Waals surface area contributed by atoms with Gasteiger partial charge in [0.1, 0.15) is 11.6 Å². The Morgan fingerprint density at radius 2 is 2.13 bits per heavy atom. The molecule has 0 bridgehead atoms. The fraction of sp³-hybridized carbons (Fsp3) is 0.200. The Kier molecular flexibility index (Phi) is 2.70. The van der Waals surface area contributed by atoms with E-state index in [4.69, 9.17) is 22.4 Å². The normalized spacial score (nSPS) is 10.8. The van der Waals surface area contributed by atoms with E-state index in [9.17, 15) is 0 Å². The number of halogens is 1. The molecule has 1 heterocycles. The predicted molar refractivity (Wildman–Crippen MR) is 59.8 cm³/mol. The SMILES string of the molecule is Nc1nc(CCO)nc2cc(Cl)ccc12. The number of nitrogens with zero attached hydrogens (tertiary/aromatic N) is 2. The van der Waals surface area contributed by atoms with Crippen LogP contribution in [0.3, 0.4) is 0 Å². The van der Waals surface area contributed by atoms with E-state index in [1.807, 2.05) is 0 Å². The summed E-state index contributed by atoms with van der Waals surface area (Å²) in [5, 5.41) is 10.2. The molecule has 0 spiro atoms. The van der Waals surface area contributed by atoms with Crippen molar-refractivity contribution in [2.45, 2.75) is 6.42 Å². The molecule has 1 aromatic carbocycles. The molecule has 3 N–H and O–H groups in total. The van der Waals surface area contributed by atoms with E-state index in [0.717, 1.165) is 5.39 Å². The van der Waals surface area contributed by atoms with Crippen LogP contribution in [0.4, 0.5) is 5.82 Å². The lowest BCUT2D eigenvalue weighted by molar-refractivity contribution is 0.297. The van der Waals surface area contributed by atoms with Gasteiger partial charge in [0.15, 0.2) is 0 Å². The average molecular weight is 224 g/mol. The van der Waals surface area contributed by atoms with Crippen molar-refractivity contribution >= 4 is 28.3 Å². The predicted octanol–water partition coefficient (Wildman–Crippen LogP) is 1.40. The lowest BCUT2D eigenvalue weighted by atomic mass is 10.2. The Bertz CT molecular complexity index is 501. The first-order chi connectivity index (χ1) is 7.20. The molecule has 2 rings (SSSR count). The van der Waals surface area contributed by atoms with E-state index in [0.29, 0.717) is 28.6 Å². The van der Waals surface area contributed by atoms with Crippen molar-refractivity contribution in [2.75, 3.05) is 12.3 Å². The van der Waals surface area contributed by atoms with Crippen LogP contribution in [-0.4, -0.2) is 21.7 Å². The van der Waals surface area contributed by atoms with Crippen LogP contribution in [0.2, 0.25) is 5.02 Å². The monoisotopic (exact) mass is 223 g/mol. The van der Waals surface area contributed by atoms with E-state index in [1.54, 1.807) is 18.2 Å². The van der Waals surface area contributed by atoms with Crippen molar-refractivity contribution in [3.05, 3.63) is 29.0 Å². The van der Waals surface area contributed by atoms with Crippen LogP contribution in [0.1, 0.15) is 5.82 Å². The molecule has 0 aliphatic rings. The highest BCUT2D eigenvalue weighted by molar-refractivity contribution is 6.31. The van der Waals surface area contributed by atoms with E-state index in [2.05, 4.69) is 9.97 Å². The van der Waals surface area contributed by atoms with Crippen LogP contribution >= 0.6 is 11.6 Å². The number of benzene rings is 1. The summed E-state index contributed by atoms with van der Waals surface area (Å²) in [5.41, 5.74) is 6.47. The van der Waals surface area contributed by atoms with Gasteiger partial charge in [0.05, 0.1) is 12.1 Å². The van der Waals surface area contributed by atoms with Gasteiger partial charge in [-0.05, 0) is 18.2 Å². The Hall–Kier alpha value is -1.39. The number of nitrogens with two attached hydrogens (primary N) is 1. The number of hydrogen-bond donors (Lipinski definition) is 2. The Morgan fingerprint density at radius 3 is 2.87 bits per heavy atom. The first-order valence-electron chi connectivity index (χ1n) is 4.53. The Morgan fingerprint density at radius 1 is 1.33 bits per heavy atom. The molecular weight excluding hydrogens is 214 g/mol. The molecule has 0 amide bonds. The van der Waals surface area contributed by atoms with Gasteiger partial charge in [-0.25, -0.2) is 9.97 Å². The lowest BCUT2D eigenvalue weighted by Gasteiger charge is -2.04. The molecule has 1 aromatic heterocycles. The summed E-state index contributed by atoms with van der Waals surface area (Å²) < 4.78 is 0. The quantitative estimate of drug-likeness (QED) is 0.807. The topological polar surface area (TPSA) is 72.0 Å².